The van der Waals surface area contributed by atoms with Crippen LogP contribution in [0.15, 0.2) is 18.2 Å². The summed E-state index contributed by atoms with van der Waals surface area (Å²) in [7, 11) is 0. The minimum atomic E-state index is 0.00478. The van der Waals surface area contributed by atoms with Gasteiger partial charge in [0, 0.05) is 11.8 Å². The van der Waals surface area contributed by atoms with Gasteiger partial charge < -0.3 is 24.4 Å². The second-order valence-corrected chi connectivity index (χ2v) is 5.71. The average Bonchev–Trinajstić information content (AvgIpc) is 2.84. The van der Waals surface area contributed by atoms with E-state index in [1.165, 1.54) is 4.90 Å². The van der Waals surface area contributed by atoms with Crippen LogP contribution in [-0.4, -0.2) is 44.5 Å². The molecule has 114 valence electrons. The average molecular weight is 293 g/mol. The van der Waals surface area contributed by atoms with Gasteiger partial charge in [-0.15, -0.1) is 0 Å². The molecule has 1 fully saturated rings. The Morgan fingerprint density at radius 2 is 1.95 bits per heavy atom. The van der Waals surface area contributed by atoms with Crippen LogP contribution in [0.1, 0.15) is 13.8 Å². The van der Waals surface area contributed by atoms with E-state index in [4.69, 9.17) is 14.2 Å². The molecule has 0 aromatic heterocycles. The summed E-state index contributed by atoms with van der Waals surface area (Å²) >= 11 is 0. The standard InChI is InChI=1S/C15H20N2O4/c1-10-6-17(7-11(2)21-10)8-15(18)16-12-3-4-13-14(5-12)20-9-19-13/h3-5,10-11H,6-9H2,1-2H3,(H,16,18)/p+1/t10-,11-/m0/s1. The van der Waals surface area contributed by atoms with Crippen molar-refractivity contribution in [2.24, 2.45) is 0 Å². The van der Waals surface area contributed by atoms with Crippen LogP contribution >= 0.6 is 0 Å². The Hall–Kier alpha value is -1.79. The highest BCUT2D eigenvalue weighted by Crippen LogP contribution is 2.34. The van der Waals surface area contributed by atoms with Crippen molar-refractivity contribution in [1.82, 2.24) is 0 Å². The summed E-state index contributed by atoms with van der Waals surface area (Å²) in [6.45, 7) is 6.50. The Morgan fingerprint density at radius 1 is 1.24 bits per heavy atom. The topological polar surface area (TPSA) is 61.2 Å². The van der Waals surface area contributed by atoms with Crippen LogP contribution in [0.5, 0.6) is 11.5 Å². The van der Waals surface area contributed by atoms with Gasteiger partial charge in [-0.3, -0.25) is 4.79 Å². The molecule has 2 heterocycles. The summed E-state index contributed by atoms with van der Waals surface area (Å²) in [6, 6.07) is 5.43. The lowest BCUT2D eigenvalue weighted by atomic mass is 10.2. The number of benzene rings is 1. The van der Waals surface area contributed by atoms with Gasteiger partial charge in [-0.25, -0.2) is 0 Å². The highest BCUT2D eigenvalue weighted by Gasteiger charge is 2.27. The van der Waals surface area contributed by atoms with Gasteiger partial charge in [-0.05, 0) is 26.0 Å². The van der Waals surface area contributed by atoms with Crippen LogP contribution in [0.25, 0.3) is 0 Å². The molecule has 0 saturated carbocycles. The van der Waals surface area contributed by atoms with E-state index in [9.17, 15) is 4.79 Å². The van der Waals surface area contributed by atoms with Gasteiger partial charge >= 0.3 is 0 Å². The zero-order chi connectivity index (χ0) is 14.8. The minimum Gasteiger partial charge on any atom is -0.454 e. The number of nitrogens with one attached hydrogen (secondary N) is 2. The number of rotatable bonds is 3. The fourth-order valence-corrected chi connectivity index (χ4v) is 2.94. The molecule has 0 aliphatic carbocycles. The van der Waals surface area contributed by atoms with Crippen molar-refractivity contribution in [3.05, 3.63) is 18.2 Å². The SMILES string of the molecule is C[C@H]1C[NH+](CC(=O)Nc2ccc3c(c2)OCO3)C[C@H](C)O1. The van der Waals surface area contributed by atoms with Crippen molar-refractivity contribution in [2.45, 2.75) is 26.1 Å². The Bertz CT molecular complexity index is 524. The van der Waals surface area contributed by atoms with Crippen molar-refractivity contribution in [1.29, 1.82) is 0 Å². The number of quaternary nitrogens is 1. The van der Waals surface area contributed by atoms with Gasteiger partial charge in [-0.2, -0.15) is 0 Å². The van der Waals surface area contributed by atoms with E-state index >= 15 is 0 Å². The lowest BCUT2D eigenvalue weighted by Crippen LogP contribution is -3.16. The number of carbonyl (C=O) groups excluding carboxylic acids is 1. The Kier molecular flexibility index (Phi) is 3.98. The molecule has 2 N–H and O–H groups in total. The van der Waals surface area contributed by atoms with Crippen LogP contribution in [0, 0.1) is 0 Å². The third-order valence-corrected chi connectivity index (χ3v) is 3.68. The molecule has 0 bridgehead atoms. The van der Waals surface area contributed by atoms with Crippen molar-refractivity contribution in [3.8, 4) is 11.5 Å². The number of fused-ring (bicyclic) bond motifs is 1. The van der Waals surface area contributed by atoms with Gasteiger partial charge in [0.05, 0.1) is 0 Å². The van der Waals surface area contributed by atoms with Crippen LogP contribution in [0.3, 0.4) is 0 Å². The molecule has 0 radical (unpaired) electrons. The monoisotopic (exact) mass is 293 g/mol. The molecule has 2 aliphatic heterocycles. The van der Waals surface area contributed by atoms with E-state index in [0.29, 0.717) is 12.3 Å². The highest BCUT2D eigenvalue weighted by atomic mass is 16.7. The largest absolute Gasteiger partial charge is 0.454 e. The Balaban J connectivity index is 1.56. The predicted octanol–water partition coefficient (Wildman–Crippen LogP) is 0.0459. The number of morpholine rings is 1. The third-order valence-electron chi connectivity index (χ3n) is 3.68. The quantitative estimate of drug-likeness (QED) is 0.826. The molecule has 6 heteroatoms. The van der Waals surface area contributed by atoms with E-state index < -0.39 is 0 Å². The third kappa shape index (κ3) is 3.46. The summed E-state index contributed by atoms with van der Waals surface area (Å²) < 4.78 is 16.2. The molecular formula is C15H21N2O4+. The number of amides is 1. The van der Waals surface area contributed by atoms with E-state index in [1.54, 1.807) is 6.07 Å². The molecule has 1 amide bonds. The normalized spacial score (nSPS) is 27.4. The minimum absolute atomic E-state index is 0.00478. The summed E-state index contributed by atoms with van der Waals surface area (Å²) in [6.07, 6.45) is 0.393. The Morgan fingerprint density at radius 3 is 2.71 bits per heavy atom. The first-order chi connectivity index (χ1) is 10.1. The van der Waals surface area contributed by atoms with Crippen LogP contribution < -0.4 is 19.7 Å². The maximum Gasteiger partial charge on any atom is 0.279 e. The fraction of sp³-hybridized carbons (Fsp3) is 0.533. The van der Waals surface area contributed by atoms with Crippen molar-refractivity contribution in [3.63, 3.8) is 0 Å². The number of anilines is 1. The summed E-state index contributed by atoms with van der Waals surface area (Å²) in [5.41, 5.74) is 0.734. The van der Waals surface area contributed by atoms with Crippen molar-refractivity contribution >= 4 is 11.6 Å². The molecule has 1 aromatic carbocycles. The van der Waals surface area contributed by atoms with E-state index in [2.05, 4.69) is 5.32 Å². The summed E-state index contributed by atoms with van der Waals surface area (Å²) in [5.74, 6) is 1.40. The zero-order valence-electron chi connectivity index (χ0n) is 12.3. The second-order valence-electron chi connectivity index (χ2n) is 5.71. The Labute approximate surface area is 124 Å². The van der Waals surface area contributed by atoms with E-state index in [0.717, 1.165) is 24.5 Å². The highest BCUT2D eigenvalue weighted by molar-refractivity contribution is 5.91. The van der Waals surface area contributed by atoms with Crippen molar-refractivity contribution < 1.29 is 23.9 Å². The van der Waals surface area contributed by atoms with Gasteiger partial charge in [-0.1, -0.05) is 0 Å². The first-order valence-electron chi connectivity index (χ1n) is 7.28. The lowest BCUT2D eigenvalue weighted by molar-refractivity contribution is -0.907. The molecule has 0 spiro atoms. The number of ether oxygens (including phenoxy) is 3. The molecule has 2 aliphatic rings. The van der Waals surface area contributed by atoms with Gasteiger partial charge in [0.2, 0.25) is 6.79 Å². The zero-order valence-corrected chi connectivity index (χ0v) is 12.3. The molecule has 6 nitrogen and oxygen atoms in total. The van der Waals surface area contributed by atoms with Crippen LogP contribution in [0.2, 0.25) is 0 Å². The van der Waals surface area contributed by atoms with Crippen molar-refractivity contribution in [2.75, 3.05) is 31.7 Å². The van der Waals surface area contributed by atoms with Gasteiger partial charge in [0.15, 0.2) is 18.0 Å². The fourth-order valence-electron chi connectivity index (χ4n) is 2.94. The first-order valence-corrected chi connectivity index (χ1v) is 7.28. The van der Waals surface area contributed by atoms with Gasteiger partial charge in [0.1, 0.15) is 25.3 Å². The second kappa shape index (κ2) is 5.91. The maximum atomic E-state index is 12.1. The number of carbonyl (C=O) groups is 1. The number of hydrogen-bond acceptors (Lipinski definition) is 4. The van der Waals surface area contributed by atoms with Crippen LogP contribution in [-0.2, 0) is 9.53 Å². The van der Waals surface area contributed by atoms with E-state index in [1.807, 2.05) is 26.0 Å². The summed E-state index contributed by atoms with van der Waals surface area (Å²) in [5, 5.41) is 2.91. The molecule has 1 saturated heterocycles. The van der Waals surface area contributed by atoms with Crippen LogP contribution in [0.4, 0.5) is 5.69 Å². The molecule has 2 atom stereocenters. The summed E-state index contributed by atoms with van der Waals surface area (Å²) in [4.78, 5) is 13.4. The lowest BCUT2D eigenvalue weighted by Gasteiger charge is -2.31. The van der Waals surface area contributed by atoms with E-state index in [-0.39, 0.29) is 24.9 Å². The molecule has 0 unspecified atom stereocenters. The number of hydrogen-bond donors (Lipinski definition) is 2. The molecular weight excluding hydrogens is 272 g/mol. The van der Waals surface area contributed by atoms with Gasteiger partial charge in [0.25, 0.3) is 5.91 Å². The molecule has 3 rings (SSSR count). The predicted molar refractivity (Wildman–Crippen MR) is 76.8 cm³/mol. The molecule has 1 aromatic rings. The first kappa shape index (κ1) is 14.2. The smallest absolute Gasteiger partial charge is 0.279 e. The maximum absolute atomic E-state index is 12.1. The molecule has 21 heavy (non-hydrogen) atoms.